The maximum absolute atomic E-state index is 10.5. The molecule has 0 spiro atoms. The van der Waals surface area contributed by atoms with Crippen molar-refractivity contribution in [2.24, 2.45) is 0 Å². The Bertz CT molecular complexity index is 339. The van der Waals surface area contributed by atoms with E-state index < -0.39 is 5.97 Å². The molecule has 0 unspecified atom stereocenters. The van der Waals surface area contributed by atoms with Crippen molar-refractivity contribution in [3.05, 3.63) is 23.8 Å². The van der Waals surface area contributed by atoms with Gasteiger partial charge in [-0.15, -0.1) is 0 Å². The molecule has 0 aliphatic rings. The SMILES string of the molecule is CN(C)c1cc(O)cc(C(=O)[O-])c1.[Li+]. The summed E-state index contributed by atoms with van der Waals surface area (Å²) >= 11 is 0. The van der Waals surface area contributed by atoms with E-state index in [-0.39, 0.29) is 30.2 Å². The number of phenols is 1. The molecule has 1 aromatic carbocycles. The van der Waals surface area contributed by atoms with E-state index in [1.165, 1.54) is 12.1 Å². The van der Waals surface area contributed by atoms with Gasteiger partial charge in [0.05, 0.1) is 5.97 Å². The summed E-state index contributed by atoms with van der Waals surface area (Å²) < 4.78 is 0. The second-order valence-corrected chi connectivity index (χ2v) is 2.92. The molecule has 1 rings (SSSR count). The molecular weight excluding hydrogens is 177 g/mol. The van der Waals surface area contributed by atoms with Gasteiger partial charge in [-0.05, 0) is 12.1 Å². The number of nitrogens with zero attached hydrogens (tertiary/aromatic N) is 1. The molecule has 0 atom stereocenters. The number of carboxylic acids is 1. The zero-order valence-corrected chi connectivity index (χ0v) is 8.44. The molecule has 0 saturated heterocycles. The van der Waals surface area contributed by atoms with Crippen LogP contribution in [0.1, 0.15) is 10.4 Å². The van der Waals surface area contributed by atoms with Crippen LogP contribution in [0.5, 0.6) is 5.75 Å². The van der Waals surface area contributed by atoms with Gasteiger partial charge in [-0.2, -0.15) is 0 Å². The van der Waals surface area contributed by atoms with Crippen LogP contribution in [-0.2, 0) is 0 Å². The van der Waals surface area contributed by atoms with E-state index in [4.69, 9.17) is 0 Å². The topological polar surface area (TPSA) is 63.6 Å². The molecule has 0 aromatic heterocycles. The third kappa shape index (κ3) is 2.98. The number of carboxylic acid groups (broad SMARTS) is 1. The number of hydrogen-bond acceptors (Lipinski definition) is 4. The largest absolute Gasteiger partial charge is 1.00 e. The molecule has 0 aliphatic carbocycles. The van der Waals surface area contributed by atoms with Crippen LogP contribution < -0.4 is 28.9 Å². The molecule has 1 N–H and O–H groups in total. The average molecular weight is 187 g/mol. The Hall–Kier alpha value is -1.11. The fourth-order valence-corrected chi connectivity index (χ4v) is 0.971. The van der Waals surface area contributed by atoms with Crippen molar-refractivity contribution in [3.8, 4) is 5.75 Å². The Labute approximate surface area is 94.3 Å². The summed E-state index contributed by atoms with van der Waals surface area (Å²) in [5, 5.41) is 19.7. The standard InChI is InChI=1S/C9H11NO3.Li/c1-10(2)7-3-6(9(12)13)4-8(11)5-7;/h3-5,11H,1-2H3,(H,12,13);/q;+1/p-1. The van der Waals surface area contributed by atoms with Gasteiger partial charge in [0, 0.05) is 31.4 Å². The van der Waals surface area contributed by atoms with Gasteiger partial charge in [0.1, 0.15) is 5.75 Å². The van der Waals surface area contributed by atoms with Crippen LogP contribution in [-0.4, -0.2) is 25.2 Å². The van der Waals surface area contributed by atoms with Crippen LogP contribution in [0.15, 0.2) is 18.2 Å². The van der Waals surface area contributed by atoms with Crippen LogP contribution in [0, 0.1) is 0 Å². The van der Waals surface area contributed by atoms with Crippen molar-refractivity contribution in [2.75, 3.05) is 19.0 Å². The molecule has 0 saturated carbocycles. The van der Waals surface area contributed by atoms with Crippen LogP contribution in [0.3, 0.4) is 0 Å². The second-order valence-electron chi connectivity index (χ2n) is 2.92. The Morgan fingerprint density at radius 3 is 2.36 bits per heavy atom. The molecule has 0 heterocycles. The molecule has 0 bridgehead atoms. The van der Waals surface area contributed by atoms with Crippen molar-refractivity contribution in [1.29, 1.82) is 0 Å². The molecule has 70 valence electrons. The molecule has 0 fully saturated rings. The fraction of sp³-hybridized carbons (Fsp3) is 0.222. The normalized spacial score (nSPS) is 9.00. The minimum Gasteiger partial charge on any atom is -0.545 e. The monoisotopic (exact) mass is 187 g/mol. The summed E-state index contributed by atoms with van der Waals surface area (Å²) in [6.45, 7) is 0. The number of carbonyl (C=O) groups excluding carboxylic acids is 1. The van der Waals surface area contributed by atoms with Gasteiger partial charge < -0.3 is 19.9 Å². The Morgan fingerprint density at radius 2 is 1.93 bits per heavy atom. The zero-order chi connectivity index (χ0) is 10.0. The zero-order valence-electron chi connectivity index (χ0n) is 8.44. The van der Waals surface area contributed by atoms with Gasteiger partial charge in [-0.1, -0.05) is 0 Å². The van der Waals surface area contributed by atoms with Crippen LogP contribution in [0.4, 0.5) is 5.69 Å². The van der Waals surface area contributed by atoms with Gasteiger partial charge in [-0.25, -0.2) is 0 Å². The first-order chi connectivity index (χ1) is 6.00. The minimum absolute atomic E-state index is 0. The molecule has 0 aliphatic heterocycles. The van der Waals surface area contributed by atoms with Crippen molar-refractivity contribution in [2.45, 2.75) is 0 Å². The second kappa shape index (κ2) is 4.94. The number of anilines is 1. The van der Waals surface area contributed by atoms with Gasteiger partial charge in [0.2, 0.25) is 0 Å². The Balaban J connectivity index is 0.00000169. The van der Waals surface area contributed by atoms with Crippen molar-refractivity contribution in [1.82, 2.24) is 0 Å². The van der Waals surface area contributed by atoms with Gasteiger partial charge in [0.15, 0.2) is 0 Å². The predicted octanol–water partition coefficient (Wildman–Crippen LogP) is -3.17. The van der Waals surface area contributed by atoms with E-state index in [9.17, 15) is 15.0 Å². The van der Waals surface area contributed by atoms with Crippen LogP contribution >= 0.6 is 0 Å². The van der Waals surface area contributed by atoms with E-state index >= 15 is 0 Å². The molecule has 14 heavy (non-hydrogen) atoms. The summed E-state index contributed by atoms with van der Waals surface area (Å²) in [6, 6.07) is 4.07. The third-order valence-electron chi connectivity index (χ3n) is 1.65. The minimum atomic E-state index is -1.29. The smallest absolute Gasteiger partial charge is 0.545 e. The summed E-state index contributed by atoms with van der Waals surface area (Å²) in [5.41, 5.74) is 0.600. The molecule has 1 aromatic rings. The summed E-state index contributed by atoms with van der Waals surface area (Å²) in [5.74, 6) is -1.37. The van der Waals surface area contributed by atoms with Gasteiger partial charge in [0.25, 0.3) is 0 Å². The van der Waals surface area contributed by atoms with E-state index in [1.54, 1.807) is 19.0 Å². The number of aromatic carboxylic acids is 1. The van der Waals surface area contributed by atoms with Gasteiger partial charge in [-0.3, -0.25) is 0 Å². The quantitative estimate of drug-likeness (QED) is 0.496. The number of phenolic OH excluding ortho intramolecular Hbond substituents is 1. The predicted molar refractivity (Wildman–Crippen MR) is 46.8 cm³/mol. The van der Waals surface area contributed by atoms with E-state index in [1.807, 2.05) is 0 Å². The number of aromatic hydroxyl groups is 1. The summed E-state index contributed by atoms with van der Waals surface area (Å²) in [7, 11) is 3.52. The van der Waals surface area contributed by atoms with Crippen molar-refractivity contribution < 1.29 is 33.9 Å². The molecule has 0 amide bonds. The third-order valence-corrected chi connectivity index (χ3v) is 1.65. The summed E-state index contributed by atoms with van der Waals surface area (Å²) in [4.78, 5) is 12.2. The Kier molecular flexibility index (Phi) is 4.55. The van der Waals surface area contributed by atoms with E-state index in [0.717, 1.165) is 6.07 Å². The Morgan fingerprint density at radius 1 is 1.36 bits per heavy atom. The molecule has 4 nitrogen and oxygen atoms in total. The molecular formula is C9H10LiNO3. The van der Waals surface area contributed by atoms with E-state index in [2.05, 4.69) is 0 Å². The average Bonchev–Trinajstić information content (AvgIpc) is 2.03. The van der Waals surface area contributed by atoms with Gasteiger partial charge >= 0.3 is 18.9 Å². The number of carbonyl (C=O) groups is 1. The number of rotatable bonds is 2. The first kappa shape index (κ1) is 12.9. The number of benzene rings is 1. The maximum atomic E-state index is 10.5. The van der Waals surface area contributed by atoms with Crippen LogP contribution in [0.2, 0.25) is 0 Å². The molecule has 0 radical (unpaired) electrons. The van der Waals surface area contributed by atoms with E-state index in [0.29, 0.717) is 5.69 Å². The first-order valence-corrected chi connectivity index (χ1v) is 3.73. The van der Waals surface area contributed by atoms with Crippen molar-refractivity contribution >= 4 is 11.7 Å². The summed E-state index contributed by atoms with van der Waals surface area (Å²) in [6.07, 6.45) is 0. The van der Waals surface area contributed by atoms with Crippen LogP contribution in [0.25, 0.3) is 0 Å². The fourth-order valence-electron chi connectivity index (χ4n) is 0.971. The molecule has 5 heteroatoms. The first-order valence-electron chi connectivity index (χ1n) is 3.73. The van der Waals surface area contributed by atoms with Crippen molar-refractivity contribution in [3.63, 3.8) is 0 Å². The maximum Gasteiger partial charge on any atom is 1.00 e. The number of hydrogen-bond donors (Lipinski definition) is 1.